The van der Waals surface area contributed by atoms with Crippen LogP contribution in [0.15, 0.2) is 35.7 Å². The molecule has 2 aromatic heterocycles. The van der Waals surface area contributed by atoms with Crippen molar-refractivity contribution < 1.29 is 0 Å². The SMILES string of the molecule is Cc1ccc(CNc2nc(Cl)c3ccsc3n2)cc1. The highest BCUT2D eigenvalue weighted by atomic mass is 35.5. The molecule has 0 radical (unpaired) electrons. The Balaban J connectivity index is 1.79. The smallest absolute Gasteiger partial charge is 0.225 e. The van der Waals surface area contributed by atoms with Crippen LogP contribution in [-0.4, -0.2) is 9.97 Å². The van der Waals surface area contributed by atoms with Gasteiger partial charge in [-0.1, -0.05) is 41.4 Å². The summed E-state index contributed by atoms with van der Waals surface area (Å²) in [6.07, 6.45) is 0. The number of fused-ring (bicyclic) bond motifs is 1. The average Bonchev–Trinajstić information content (AvgIpc) is 2.87. The Morgan fingerprint density at radius 1 is 1.16 bits per heavy atom. The van der Waals surface area contributed by atoms with Crippen LogP contribution in [0.25, 0.3) is 10.2 Å². The Morgan fingerprint density at radius 3 is 2.74 bits per heavy atom. The van der Waals surface area contributed by atoms with Crippen molar-refractivity contribution in [3.63, 3.8) is 0 Å². The molecule has 0 atom stereocenters. The second-order valence-electron chi connectivity index (χ2n) is 4.32. The van der Waals surface area contributed by atoms with Crippen LogP contribution in [0, 0.1) is 6.92 Å². The molecule has 0 aliphatic heterocycles. The minimum atomic E-state index is 0.498. The van der Waals surface area contributed by atoms with Crippen molar-refractivity contribution >= 4 is 39.1 Å². The number of hydrogen-bond donors (Lipinski definition) is 1. The molecule has 2 heterocycles. The third-order valence-corrected chi connectivity index (χ3v) is 3.94. The van der Waals surface area contributed by atoms with Crippen molar-refractivity contribution in [2.24, 2.45) is 0 Å². The maximum absolute atomic E-state index is 6.12. The summed E-state index contributed by atoms with van der Waals surface area (Å²) >= 11 is 7.69. The third kappa shape index (κ3) is 2.69. The van der Waals surface area contributed by atoms with E-state index in [4.69, 9.17) is 11.6 Å². The number of aromatic nitrogens is 2. The molecule has 3 aromatic rings. The first kappa shape index (κ1) is 12.4. The highest BCUT2D eigenvalue weighted by molar-refractivity contribution is 7.16. The zero-order valence-corrected chi connectivity index (χ0v) is 11.9. The maximum atomic E-state index is 6.12. The van der Waals surface area contributed by atoms with Crippen molar-refractivity contribution in [2.75, 3.05) is 5.32 Å². The molecule has 5 heteroatoms. The summed E-state index contributed by atoms with van der Waals surface area (Å²) in [4.78, 5) is 9.61. The molecule has 19 heavy (non-hydrogen) atoms. The summed E-state index contributed by atoms with van der Waals surface area (Å²) in [6, 6.07) is 10.3. The van der Waals surface area contributed by atoms with Crippen molar-refractivity contribution in [3.8, 4) is 0 Å². The molecule has 0 spiro atoms. The Morgan fingerprint density at radius 2 is 1.95 bits per heavy atom. The van der Waals surface area contributed by atoms with Gasteiger partial charge in [0.25, 0.3) is 0 Å². The van der Waals surface area contributed by atoms with Gasteiger partial charge in [-0.2, -0.15) is 0 Å². The zero-order valence-electron chi connectivity index (χ0n) is 10.4. The van der Waals surface area contributed by atoms with E-state index in [9.17, 15) is 0 Å². The maximum Gasteiger partial charge on any atom is 0.225 e. The van der Waals surface area contributed by atoms with Gasteiger partial charge < -0.3 is 5.32 Å². The van der Waals surface area contributed by atoms with Gasteiger partial charge in [-0.05, 0) is 23.9 Å². The average molecular weight is 290 g/mol. The highest BCUT2D eigenvalue weighted by Gasteiger charge is 2.06. The Labute approximate surface area is 120 Å². The van der Waals surface area contributed by atoms with E-state index in [0.717, 1.165) is 10.2 Å². The molecule has 1 N–H and O–H groups in total. The quantitative estimate of drug-likeness (QED) is 0.732. The first-order chi connectivity index (χ1) is 9.22. The van der Waals surface area contributed by atoms with Gasteiger partial charge in [-0.3, -0.25) is 0 Å². The number of thiophene rings is 1. The molecule has 0 bridgehead atoms. The van der Waals surface area contributed by atoms with Crippen LogP contribution in [0.4, 0.5) is 5.95 Å². The first-order valence-corrected chi connectivity index (χ1v) is 7.18. The van der Waals surface area contributed by atoms with Crippen molar-refractivity contribution in [1.29, 1.82) is 0 Å². The molecule has 0 saturated carbocycles. The molecule has 0 fully saturated rings. The van der Waals surface area contributed by atoms with Crippen molar-refractivity contribution in [2.45, 2.75) is 13.5 Å². The summed E-state index contributed by atoms with van der Waals surface area (Å²) in [6.45, 7) is 2.76. The lowest BCUT2D eigenvalue weighted by Crippen LogP contribution is -2.03. The fourth-order valence-corrected chi connectivity index (χ4v) is 2.84. The number of benzene rings is 1. The van der Waals surface area contributed by atoms with Gasteiger partial charge in [0.05, 0.1) is 0 Å². The normalized spacial score (nSPS) is 10.8. The molecule has 0 unspecified atom stereocenters. The standard InChI is InChI=1S/C14H12ClN3S/c1-9-2-4-10(5-3-9)8-16-14-17-12(15)11-6-7-19-13(11)18-14/h2-7H,8H2,1H3,(H,16,17,18). The summed E-state index contributed by atoms with van der Waals surface area (Å²) in [7, 11) is 0. The number of hydrogen-bond acceptors (Lipinski definition) is 4. The van der Waals surface area contributed by atoms with Crippen LogP contribution in [0.5, 0.6) is 0 Å². The Hall–Kier alpha value is -1.65. The molecular weight excluding hydrogens is 278 g/mol. The summed E-state index contributed by atoms with van der Waals surface area (Å²) in [5, 5.41) is 6.58. The molecular formula is C14H12ClN3S. The van der Waals surface area contributed by atoms with E-state index >= 15 is 0 Å². The highest BCUT2D eigenvalue weighted by Crippen LogP contribution is 2.26. The predicted octanol–water partition coefficient (Wildman–Crippen LogP) is 4.27. The summed E-state index contributed by atoms with van der Waals surface area (Å²) in [5.74, 6) is 0.570. The molecule has 0 saturated heterocycles. The van der Waals surface area contributed by atoms with E-state index in [2.05, 4.69) is 46.5 Å². The fourth-order valence-electron chi connectivity index (χ4n) is 1.79. The van der Waals surface area contributed by atoms with Gasteiger partial charge in [-0.25, -0.2) is 9.97 Å². The predicted molar refractivity (Wildman–Crippen MR) is 80.9 cm³/mol. The number of halogens is 1. The molecule has 96 valence electrons. The van der Waals surface area contributed by atoms with Crippen LogP contribution in [-0.2, 0) is 6.54 Å². The summed E-state index contributed by atoms with van der Waals surface area (Å²) in [5.41, 5.74) is 2.44. The second-order valence-corrected chi connectivity index (χ2v) is 5.57. The minimum absolute atomic E-state index is 0.498. The van der Waals surface area contributed by atoms with Gasteiger partial charge in [-0.15, -0.1) is 11.3 Å². The number of anilines is 1. The number of nitrogens with one attached hydrogen (secondary N) is 1. The molecule has 0 amide bonds. The van der Waals surface area contributed by atoms with E-state index in [-0.39, 0.29) is 0 Å². The van der Waals surface area contributed by atoms with Crippen LogP contribution in [0.1, 0.15) is 11.1 Å². The number of nitrogens with zero attached hydrogens (tertiary/aromatic N) is 2. The molecule has 0 aliphatic carbocycles. The van der Waals surface area contributed by atoms with Gasteiger partial charge in [0, 0.05) is 11.9 Å². The first-order valence-electron chi connectivity index (χ1n) is 5.92. The molecule has 3 rings (SSSR count). The van der Waals surface area contributed by atoms with E-state index in [0.29, 0.717) is 17.6 Å². The lowest BCUT2D eigenvalue weighted by molar-refractivity contribution is 1.07. The van der Waals surface area contributed by atoms with Gasteiger partial charge in [0.2, 0.25) is 5.95 Å². The van der Waals surface area contributed by atoms with E-state index in [1.165, 1.54) is 11.1 Å². The number of aryl methyl sites for hydroxylation is 1. The van der Waals surface area contributed by atoms with Gasteiger partial charge in [0.15, 0.2) is 0 Å². The van der Waals surface area contributed by atoms with E-state index in [1.807, 2.05) is 11.4 Å². The van der Waals surface area contributed by atoms with Crippen LogP contribution in [0.3, 0.4) is 0 Å². The Bertz CT molecular complexity index is 706. The summed E-state index contributed by atoms with van der Waals surface area (Å²) < 4.78 is 0. The van der Waals surface area contributed by atoms with Gasteiger partial charge in [0.1, 0.15) is 9.98 Å². The van der Waals surface area contributed by atoms with E-state index < -0.39 is 0 Å². The Kier molecular flexibility index (Phi) is 3.36. The third-order valence-electron chi connectivity index (χ3n) is 2.85. The zero-order chi connectivity index (χ0) is 13.2. The van der Waals surface area contributed by atoms with Crippen molar-refractivity contribution in [3.05, 3.63) is 52.0 Å². The number of rotatable bonds is 3. The monoisotopic (exact) mass is 289 g/mol. The van der Waals surface area contributed by atoms with E-state index in [1.54, 1.807) is 11.3 Å². The molecule has 3 nitrogen and oxygen atoms in total. The molecule has 1 aromatic carbocycles. The molecule has 0 aliphatic rings. The van der Waals surface area contributed by atoms with Crippen LogP contribution >= 0.6 is 22.9 Å². The second kappa shape index (κ2) is 5.15. The van der Waals surface area contributed by atoms with Crippen LogP contribution < -0.4 is 5.32 Å². The van der Waals surface area contributed by atoms with Crippen LogP contribution in [0.2, 0.25) is 5.15 Å². The largest absolute Gasteiger partial charge is 0.350 e. The van der Waals surface area contributed by atoms with Gasteiger partial charge >= 0.3 is 0 Å². The topological polar surface area (TPSA) is 37.8 Å². The minimum Gasteiger partial charge on any atom is -0.350 e. The lowest BCUT2D eigenvalue weighted by atomic mass is 10.1. The fraction of sp³-hybridized carbons (Fsp3) is 0.143. The lowest BCUT2D eigenvalue weighted by Gasteiger charge is -2.06. The van der Waals surface area contributed by atoms with Crippen molar-refractivity contribution in [1.82, 2.24) is 9.97 Å².